The van der Waals surface area contributed by atoms with Gasteiger partial charge in [0.25, 0.3) is 5.91 Å². The smallest absolute Gasteiger partial charge is 0.371 e. The van der Waals surface area contributed by atoms with Crippen LogP contribution in [0, 0.1) is 0 Å². The van der Waals surface area contributed by atoms with E-state index in [0.717, 1.165) is 12.0 Å². The number of nitrogens with two attached hydrogens (primary N) is 1. The van der Waals surface area contributed by atoms with Crippen LogP contribution in [-0.4, -0.2) is 23.5 Å². The highest BCUT2D eigenvalue weighted by molar-refractivity contribution is 5.94. The van der Waals surface area contributed by atoms with Gasteiger partial charge in [-0.2, -0.15) is 0 Å². The van der Waals surface area contributed by atoms with Crippen LogP contribution in [0.1, 0.15) is 32.2 Å². The van der Waals surface area contributed by atoms with Gasteiger partial charge >= 0.3 is 5.97 Å². The van der Waals surface area contributed by atoms with Crippen LogP contribution < -0.4 is 11.1 Å². The number of rotatable bonds is 6. The summed E-state index contributed by atoms with van der Waals surface area (Å²) in [6.07, 6.45) is 0.770. The van der Waals surface area contributed by atoms with Crippen LogP contribution in [0.2, 0.25) is 0 Å². The molecule has 0 aliphatic heterocycles. The summed E-state index contributed by atoms with van der Waals surface area (Å²) in [7, 11) is 0. The van der Waals surface area contributed by atoms with Crippen molar-refractivity contribution >= 4 is 11.9 Å². The van der Waals surface area contributed by atoms with Gasteiger partial charge in [0.1, 0.15) is 5.76 Å². The molecule has 0 bridgehead atoms. The lowest BCUT2D eigenvalue weighted by atomic mass is 10.1. The normalized spacial score (nSPS) is 10.3. The van der Waals surface area contributed by atoms with E-state index in [-0.39, 0.29) is 18.2 Å². The number of amides is 1. The Kier molecular flexibility index (Phi) is 4.73. The Hall–Kier alpha value is -2.60. The van der Waals surface area contributed by atoms with Gasteiger partial charge in [0.15, 0.2) is 0 Å². The molecule has 0 spiro atoms. The lowest BCUT2D eigenvalue weighted by molar-refractivity contribution is 0.0660. The van der Waals surface area contributed by atoms with Crippen LogP contribution in [-0.2, 0) is 13.0 Å². The summed E-state index contributed by atoms with van der Waals surface area (Å²) in [5.41, 5.74) is 7.07. The molecule has 2 rings (SSSR count). The van der Waals surface area contributed by atoms with E-state index >= 15 is 0 Å². The van der Waals surface area contributed by atoms with Crippen LogP contribution in [0.4, 0.5) is 0 Å². The van der Waals surface area contributed by atoms with Crippen molar-refractivity contribution in [1.82, 2.24) is 5.32 Å². The number of carbonyl (C=O) groups excluding carboxylic acids is 1. The monoisotopic (exact) mass is 288 g/mol. The van der Waals surface area contributed by atoms with E-state index in [2.05, 4.69) is 5.32 Å². The molecule has 0 aliphatic rings. The summed E-state index contributed by atoms with van der Waals surface area (Å²) >= 11 is 0. The first kappa shape index (κ1) is 14.8. The molecule has 110 valence electrons. The summed E-state index contributed by atoms with van der Waals surface area (Å²) in [6.45, 7) is 0.701. The summed E-state index contributed by atoms with van der Waals surface area (Å²) in [4.78, 5) is 22.6. The second-order valence-corrected chi connectivity index (χ2v) is 4.49. The number of hydrogen-bond acceptors (Lipinski definition) is 4. The molecular weight excluding hydrogens is 272 g/mol. The Balaban J connectivity index is 1.92. The third kappa shape index (κ3) is 3.93. The second-order valence-electron chi connectivity index (χ2n) is 4.49. The Labute approximate surface area is 121 Å². The number of carboxylic acids is 1. The maximum Gasteiger partial charge on any atom is 0.371 e. The summed E-state index contributed by atoms with van der Waals surface area (Å²) in [5, 5.41) is 11.4. The first-order chi connectivity index (χ1) is 10.1. The van der Waals surface area contributed by atoms with Crippen molar-refractivity contribution in [2.75, 3.05) is 6.54 Å². The van der Waals surface area contributed by atoms with Gasteiger partial charge in [-0.25, -0.2) is 4.79 Å². The fourth-order valence-electron chi connectivity index (χ4n) is 1.85. The Morgan fingerprint density at radius 2 is 1.86 bits per heavy atom. The number of hydrogen-bond donors (Lipinski definition) is 3. The number of carboxylic acid groups (broad SMARTS) is 1. The quantitative estimate of drug-likeness (QED) is 0.745. The highest BCUT2D eigenvalue weighted by atomic mass is 16.4. The molecule has 1 aromatic carbocycles. The number of aromatic carboxylic acids is 1. The van der Waals surface area contributed by atoms with Gasteiger partial charge in [-0.1, -0.05) is 12.1 Å². The van der Waals surface area contributed by atoms with Crippen molar-refractivity contribution < 1.29 is 19.1 Å². The van der Waals surface area contributed by atoms with Crippen LogP contribution in [0.15, 0.2) is 40.8 Å². The van der Waals surface area contributed by atoms with E-state index in [9.17, 15) is 9.59 Å². The number of nitrogens with one attached hydrogen (secondary N) is 1. The molecule has 0 saturated heterocycles. The standard InChI is InChI=1S/C15H16N2O4/c16-8-7-10-1-3-11(4-2-10)14(18)17-9-12-5-6-13(21-12)15(19)20/h1-6H,7-9,16H2,(H,17,18)(H,19,20). The average molecular weight is 288 g/mol. The molecule has 6 nitrogen and oxygen atoms in total. The number of benzene rings is 1. The molecule has 1 amide bonds. The largest absolute Gasteiger partial charge is 0.475 e. The first-order valence-electron chi connectivity index (χ1n) is 6.49. The number of furan rings is 1. The Morgan fingerprint density at radius 1 is 1.14 bits per heavy atom. The highest BCUT2D eigenvalue weighted by Crippen LogP contribution is 2.09. The summed E-state index contributed by atoms with van der Waals surface area (Å²) in [5.74, 6) is -1.14. The number of carbonyl (C=O) groups is 2. The van der Waals surface area contributed by atoms with Gasteiger partial charge < -0.3 is 20.6 Å². The zero-order valence-corrected chi connectivity index (χ0v) is 11.3. The third-order valence-corrected chi connectivity index (χ3v) is 2.94. The van der Waals surface area contributed by atoms with Gasteiger partial charge in [0, 0.05) is 5.56 Å². The summed E-state index contributed by atoms with van der Waals surface area (Å²) < 4.78 is 5.05. The minimum atomic E-state index is -1.14. The Morgan fingerprint density at radius 3 is 2.43 bits per heavy atom. The second kappa shape index (κ2) is 6.71. The molecule has 0 atom stereocenters. The average Bonchev–Trinajstić information content (AvgIpc) is 2.95. The lowest BCUT2D eigenvalue weighted by Crippen LogP contribution is -2.22. The fourth-order valence-corrected chi connectivity index (χ4v) is 1.85. The Bertz CT molecular complexity index is 631. The molecule has 0 saturated carbocycles. The molecule has 0 aliphatic carbocycles. The minimum absolute atomic E-state index is 0.136. The first-order valence-corrected chi connectivity index (χ1v) is 6.49. The van der Waals surface area contributed by atoms with E-state index in [1.54, 1.807) is 12.1 Å². The van der Waals surface area contributed by atoms with Crippen molar-refractivity contribution in [1.29, 1.82) is 0 Å². The van der Waals surface area contributed by atoms with Gasteiger partial charge in [0.05, 0.1) is 6.54 Å². The SMILES string of the molecule is NCCc1ccc(C(=O)NCc2ccc(C(=O)O)o2)cc1. The lowest BCUT2D eigenvalue weighted by Gasteiger charge is -2.04. The zero-order valence-electron chi connectivity index (χ0n) is 11.3. The molecule has 0 radical (unpaired) electrons. The molecular formula is C15H16N2O4. The van der Waals surface area contributed by atoms with Gasteiger partial charge in [-0.05, 0) is 42.8 Å². The maximum absolute atomic E-state index is 11.9. The molecule has 1 aromatic heterocycles. The van der Waals surface area contributed by atoms with Gasteiger partial charge in [-0.3, -0.25) is 4.79 Å². The molecule has 0 fully saturated rings. The predicted octanol–water partition coefficient (Wildman–Crippen LogP) is 1.41. The summed E-state index contributed by atoms with van der Waals surface area (Å²) in [6, 6.07) is 10.0. The van der Waals surface area contributed by atoms with Crippen molar-refractivity contribution in [3.05, 3.63) is 59.0 Å². The van der Waals surface area contributed by atoms with Crippen molar-refractivity contribution in [3.63, 3.8) is 0 Å². The maximum atomic E-state index is 11.9. The molecule has 0 unspecified atom stereocenters. The van der Waals surface area contributed by atoms with E-state index < -0.39 is 5.97 Å². The minimum Gasteiger partial charge on any atom is -0.475 e. The van der Waals surface area contributed by atoms with E-state index in [4.69, 9.17) is 15.3 Å². The van der Waals surface area contributed by atoms with Crippen LogP contribution >= 0.6 is 0 Å². The van der Waals surface area contributed by atoms with Crippen LogP contribution in [0.5, 0.6) is 0 Å². The van der Waals surface area contributed by atoms with Crippen molar-refractivity contribution in [2.24, 2.45) is 5.73 Å². The topological polar surface area (TPSA) is 106 Å². The van der Waals surface area contributed by atoms with Crippen molar-refractivity contribution in [3.8, 4) is 0 Å². The van der Waals surface area contributed by atoms with Gasteiger partial charge in [-0.15, -0.1) is 0 Å². The highest BCUT2D eigenvalue weighted by Gasteiger charge is 2.10. The zero-order chi connectivity index (χ0) is 15.2. The van der Waals surface area contributed by atoms with Crippen LogP contribution in [0.25, 0.3) is 0 Å². The van der Waals surface area contributed by atoms with E-state index in [1.165, 1.54) is 12.1 Å². The fraction of sp³-hybridized carbons (Fsp3) is 0.200. The van der Waals surface area contributed by atoms with Crippen molar-refractivity contribution in [2.45, 2.75) is 13.0 Å². The third-order valence-electron chi connectivity index (χ3n) is 2.94. The van der Waals surface area contributed by atoms with E-state index in [1.807, 2.05) is 12.1 Å². The van der Waals surface area contributed by atoms with Crippen LogP contribution in [0.3, 0.4) is 0 Å². The molecule has 1 heterocycles. The molecule has 6 heteroatoms. The van der Waals surface area contributed by atoms with E-state index in [0.29, 0.717) is 17.9 Å². The van der Waals surface area contributed by atoms with Gasteiger partial charge in [0.2, 0.25) is 5.76 Å². The molecule has 21 heavy (non-hydrogen) atoms. The molecule has 2 aromatic rings. The predicted molar refractivity (Wildman–Crippen MR) is 76.0 cm³/mol. The molecule has 4 N–H and O–H groups in total.